The molecule has 96 valence electrons. The zero-order valence-electron chi connectivity index (χ0n) is 10.1. The Labute approximate surface area is 111 Å². The quantitative estimate of drug-likeness (QED) is 0.517. The van der Waals surface area contributed by atoms with Gasteiger partial charge in [-0.3, -0.25) is 4.79 Å². The molecule has 0 bridgehead atoms. The minimum atomic E-state index is 0.154. The van der Waals surface area contributed by atoms with Crippen LogP contribution < -0.4 is 0 Å². The van der Waals surface area contributed by atoms with E-state index in [1.54, 1.807) is 11.8 Å². The fourth-order valence-electron chi connectivity index (χ4n) is 1.87. The van der Waals surface area contributed by atoms with Crippen LogP contribution in [0.1, 0.15) is 12.8 Å². The molecular weight excluding hydrogens is 248 g/mol. The second-order valence-corrected chi connectivity index (χ2v) is 5.20. The summed E-state index contributed by atoms with van der Waals surface area (Å²) in [7, 11) is 0. The first-order valence-electron chi connectivity index (χ1n) is 5.95. The minimum absolute atomic E-state index is 0.154. The van der Waals surface area contributed by atoms with Crippen LogP contribution in [0.25, 0.3) is 0 Å². The van der Waals surface area contributed by atoms with Crippen molar-refractivity contribution in [2.75, 3.05) is 18.8 Å². The maximum Gasteiger partial charge on any atom is 0.232 e. The van der Waals surface area contributed by atoms with E-state index in [0.29, 0.717) is 31.7 Å². The van der Waals surface area contributed by atoms with Crippen LogP contribution in [0.2, 0.25) is 0 Å². The van der Waals surface area contributed by atoms with Crippen molar-refractivity contribution in [3.05, 3.63) is 30.3 Å². The third-order valence-electron chi connectivity index (χ3n) is 2.94. The topological polar surface area (TPSA) is 52.9 Å². The van der Waals surface area contributed by atoms with Crippen LogP contribution >= 0.6 is 11.8 Å². The van der Waals surface area contributed by atoms with Gasteiger partial charge in [-0.25, -0.2) is 0 Å². The van der Waals surface area contributed by atoms with E-state index in [0.717, 1.165) is 10.6 Å². The number of amides is 1. The third kappa shape index (κ3) is 3.50. The molecule has 1 aromatic rings. The Kier molecular flexibility index (Phi) is 4.64. The van der Waals surface area contributed by atoms with Gasteiger partial charge in [-0.15, -0.1) is 11.8 Å². The lowest BCUT2D eigenvalue weighted by Crippen LogP contribution is -2.39. The fourth-order valence-corrected chi connectivity index (χ4v) is 2.69. The Morgan fingerprint density at radius 2 is 1.94 bits per heavy atom. The van der Waals surface area contributed by atoms with Crippen LogP contribution in [-0.2, 0) is 4.79 Å². The Morgan fingerprint density at radius 3 is 2.56 bits per heavy atom. The van der Waals surface area contributed by atoms with Crippen LogP contribution in [0.3, 0.4) is 0 Å². The second-order valence-electron chi connectivity index (χ2n) is 4.15. The number of benzene rings is 1. The molecule has 2 rings (SSSR count). The molecule has 0 radical (unpaired) electrons. The smallest absolute Gasteiger partial charge is 0.232 e. The number of thioether (sulfide) groups is 1. The number of carbonyl (C=O) groups is 1. The van der Waals surface area contributed by atoms with E-state index >= 15 is 0 Å². The molecule has 0 spiro atoms. The number of carbonyl (C=O) groups excluding carboxylic acids is 1. The van der Waals surface area contributed by atoms with Gasteiger partial charge >= 0.3 is 0 Å². The summed E-state index contributed by atoms with van der Waals surface area (Å²) >= 11 is 1.56. The highest BCUT2D eigenvalue weighted by molar-refractivity contribution is 8.00. The van der Waals surface area contributed by atoms with Crippen molar-refractivity contribution in [2.45, 2.75) is 17.7 Å². The van der Waals surface area contributed by atoms with E-state index in [2.05, 4.69) is 5.16 Å². The number of likely N-dealkylation sites (tertiary alicyclic amines) is 1. The molecule has 0 saturated carbocycles. The molecule has 1 heterocycles. The number of rotatable bonds is 3. The molecule has 5 heteroatoms. The molecule has 0 unspecified atom stereocenters. The van der Waals surface area contributed by atoms with E-state index in [9.17, 15) is 4.79 Å². The predicted molar refractivity (Wildman–Crippen MR) is 72.2 cm³/mol. The summed E-state index contributed by atoms with van der Waals surface area (Å²) in [6, 6.07) is 9.91. The van der Waals surface area contributed by atoms with Gasteiger partial charge in [0.15, 0.2) is 0 Å². The van der Waals surface area contributed by atoms with Gasteiger partial charge in [0.2, 0.25) is 5.91 Å². The minimum Gasteiger partial charge on any atom is -0.411 e. The first-order chi connectivity index (χ1) is 8.79. The number of hydrogen-bond acceptors (Lipinski definition) is 4. The number of nitrogens with zero attached hydrogens (tertiary/aromatic N) is 2. The summed E-state index contributed by atoms with van der Waals surface area (Å²) in [6.07, 6.45) is 1.36. The Morgan fingerprint density at radius 1 is 1.28 bits per heavy atom. The molecule has 0 aromatic heterocycles. The highest BCUT2D eigenvalue weighted by Crippen LogP contribution is 2.18. The van der Waals surface area contributed by atoms with Gasteiger partial charge in [0.1, 0.15) is 0 Å². The van der Waals surface area contributed by atoms with Gasteiger partial charge in [-0.1, -0.05) is 23.4 Å². The normalized spacial score (nSPS) is 15.6. The molecule has 0 atom stereocenters. The molecule has 1 saturated heterocycles. The van der Waals surface area contributed by atoms with E-state index in [4.69, 9.17) is 5.21 Å². The molecule has 18 heavy (non-hydrogen) atoms. The SMILES string of the molecule is O=C(CSc1ccccc1)N1CCC(=NO)CC1. The average molecular weight is 264 g/mol. The molecular formula is C13H16N2O2S. The second kappa shape index (κ2) is 6.44. The van der Waals surface area contributed by atoms with Crippen molar-refractivity contribution in [1.29, 1.82) is 0 Å². The van der Waals surface area contributed by atoms with Crippen molar-refractivity contribution in [3.63, 3.8) is 0 Å². The van der Waals surface area contributed by atoms with E-state index in [1.165, 1.54) is 0 Å². The Balaban J connectivity index is 1.79. The molecule has 1 aromatic carbocycles. The molecule has 1 fully saturated rings. The zero-order chi connectivity index (χ0) is 12.8. The van der Waals surface area contributed by atoms with Crippen molar-refractivity contribution in [2.24, 2.45) is 5.16 Å². The zero-order valence-corrected chi connectivity index (χ0v) is 10.9. The molecule has 1 amide bonds. The molecule has 1 aliphatic rings. The van der Waals surface area contributed by atoms with Crippen LogP contribution in [0.15, 0.2) is 40.4 Å². The number of piperidine rings is 1. The van der Waals surface area contributed by atoms with Crippen molar-refractivity contribution in [1.82, 2.24) is 4.90 Å². The maximum atomic E-state index is 12.0. The lowest BCUT2D eigenvalue weighted by molar-refractivity contribution is -0.128. The van der Waals surface area contributed by atoms with Crippen molar-refractivity contribution < 1.29 is 10.0 Å². The number of hydrogen-bond donors (Lipinski definition) is 1. The molecule has 0 aliphatic carbocycles. The van der Waals surface area contributed by atoms with Gasteiger partial charge in [0, 0.05) is 30.8 Å². The monoisotopic (exact) mass is 264 g/mol. The first kappa shape index (κ1) is 13.0. The Bertz CT molecular complexity index is 424. The van der Waals surface area contributed by atoms with Crippen LogP contribution in [0.5, 0.6) is 0 Å². The van der Waals surface area contributed by atoms with E-state index in [-0.39, 0.29) is 5.91 Å². The first-order valence-corrected chi connectivity index (χ1v) is 6.93. The largest absolute Gasteiger partial charge is 0.411 e. The third-order valence-corrected chi connectivity index (χ3v) is 3.94. The molecule has 1 aliphatic heterocycles. The standard InChI is InChI=1S/C13H16N2O2S/c16-13(10-18-12-4-2-1-3-5-12)15-8-6-11(14-17)7-9-15/h1-5,17H,6-10H2. The summed E-state index contributed by atoms with van der Waals surface area (Å²) in [4.78, 5) is 14.9. The van der Waals surface area contributed by atoms with Crippen LogP contribution in [0, 0.1) is 0 Å². The summed E-state index contributed by atoms with van der Waals surface area (Å²) in [5.74, 6) is 0.621. The lowest BCUT2D eigenvalue weighted by atomic mass is 10.1. The van der Waals surface area contributed by atoms with Crippen LogP contribution in [0.4, 0.5) is 0 Å². The van der Waals surface area contributed by atoms with Crippen LogP contribution in [-0.4, -0.2) is 40.6 Å². The highest BCUT2D eigenvalue weighted by Gasteiger charge is 2.19. The van der Waals surface area contributed by atoms with Gasteiger partial charge in [0.05, 0.1) is 11.5 Å². The van der Waals surface area contributed by atoms with Gasteiger partial charge < -0.3 is 10.1 Å². The molecule has 1 N–H and O–H groups in total. The average Bonchev–Trinajstić information content (AvgIpc) is 2.46. The van der Waals surface area contributed by atoms with E-state index in [1.807, 2.05) is 35.2 Å². The van der Waals surface area contributed by atoms with E-state index < -0.39 is 0 Å². The fraction of sp³-hybridized carbons (Fsp3) is 0.385. The number of oxime groups is 1. The highest BCUT2D eigenvalue weighted by atomic mass is 32.2. The lowest BCUT2D eigenvalue weighted by Gasteiger charge is -2.27. The predicted octanol–water partition coefficient (Wildman–Crippen LogP) is 2.23. The summed E-state index contributed by atoms with van der Waals surface area (Å²) in [5, 5.41) is 11.9. The summed E-state index contributed by atoms with van der Waals surface area (Å²) < 4.78 is 0. The van der Waals surface area contributed by atoms with Gasteiger partial charge in [0.25, 0.3) is 0 Å². The summed E-state index contributed by atoms with van der Waals surface area (Å²) in [5.41, 5.74) is 0.787. The van der Waals surface area contributed by atoms with Crippen molar-refractivity contribution in [3.8, 4) is 0 Å². The molecule has 4 nitrogen and oxygen atoms in total. The van der Waals surface area contributed by atoms with Gasteiger partial charge in [-0.2, -0.15) is 0 Å². The van der Waals surface area contributed by atoms with Crippen molar-refractivity contribution >= 4 is 23.4 Å². The maximum absolute atomic E-state index is 12.0. The van der Waals surface area contributed by atoms with Gasteiger partial charge in [-0.05, 0) is 12.1 Å². The summed E-state index contributed by atoms with van der Waals surface area (Å²) in [6.45, 7) is 1.32. The Hall–Kier alpha value is -1.49.